The van der Waals surface area contributed by atoms with Crippen molar-refractivity contribution in [2.24, 2.45) is 0 Å². The fourth-order valence-corrected chi connectivity index (χ4v) is 2.58. The molecule has 0 heterocycles. The highest BCUT2D eigenvalue weighted by Crippen LogP contribution is 2.27. The second-order valence-corrected chi connectivity index (χ2v) is 5.32. The van der Waals surface area contributed by atoms with Crippen LogP contribution in [0.3, 0.4) is 0 Å². The van der Waals surface area contributed by atoms with Gasteiger partial charge in [0.25, 0.3) is 0 Å². The Hall–Kier alpha value is -1.38. The van der Waals surface area contributed by atoms with Crippen molar-refractivity contribution >= 4 is 11.6 Å². The van der Waals surface area contributed by atoms with Crippen LogP contribution in [0, 0.1) is 5.82 Å². The highest BCUT2D eigenvalue weighted by molar-refractivity contribution is 6.30. The van der Waals surface area contributed by atoms with Gasteiger partial charge in [-0.15, -0.1) is 0 Å². The summed E-state index contributed by atoms with van der Waals surface area (Å²) in [5.41, 5.74) is 2.91. The molecule has 1 nitrogen and oxygen atoms in total. The van der Waals surface area contributed by atoms with Gasteiger partial charge in [-0.3, -0.25) is 0 Å². The molecule has 20 heavy (non-hydrogen) atoms. The quantitative estimate of drug-likeness (QED) is 0.839. The average Bonchev–Trinajstić information content (AvgIpc) is 2.45. The first-order chi connectivity index (χ1) is 9.65. The number of halogens is 2. The number of benzene rings is 2. The molecule has 1 N–H and O–H groups in total. The molecule has 2 rings (SSSR count). The largest absolute Gasteiger partial charge is 0.309 e. The minimum atomic E-state index is -0.244. The number of nitrogens with one attached hydrogen (secondary N) is 1. The van der Waals surface area contributed by atoms with Crippen LogP contribution in [0.15, 0.2) is 42.5 Å². The molecule has 0 saturated heterocycles. The first-order valence-electron chi connectivity index (χ1n) is 6.86. The standard InChI is InChI=1S/C17H19ClFN/c1-3-4-12-5-7-13(8-6-12)17(20-2)15-11-14(18)9-10-16(15)19/h5-11,17,20H,3-4H2,1-2H3. The van der Waals surface area contributed by atoms with Crippen LogP contribution >= 0.6 is 11.6 Å². The zero-order chi connectivity index (χ0) is 14.5. The molecule has 0 radical (unpaired) electrons. The summed E-state index contributed by atoms with van der Waals surface area (Å²) in [6.45, 7) is 2.16. The molecule has 1 atom stereocenters. The van der Waals surface area contributed by atoms with Gasteiger partial charge in [0.1, 0.15) is 5.82 Å². The molecule has 1 unspecified atom stereocenters. The average molecular weight is 292 g/mol. The first kappa shape index (κ1) is 15.0. The van der Waals surface area contributed by atoms with E-state index in [9.17, 15) is 4.39 Å². The van der Waals surface area contributed by atoms with Crippen molar-refractivity contribution in [3.8, 4) is 0 Å². The van der Waals surface area contributed by atoms with Crippen molar-refractivity contribution in [2.75, 3.05) is 7.05 Å². The highest BCUT2D eigenvalue weighted by Gasteiger charge is 2.16. The van der Waals surface area contributed by atoms with Crippen molar-refractivity contribution in [3.05, 3.63) is 70.0 Å². The van der Waals surface area contributed by atoms with E-state index in [0.717, 1.165) is 18.4 Å². The van der Waals surface area contributed by atoms with E-state index >= 15 is 0 Å². The van der Waals surface area contributed by atoms with E-state index in [0.29, 0.717) is 10.6 Å². The van der Waals surface area contributed by atoms with Crippen LogP contribution in [0.25, 0.3) is 0 Å². The Morgan fingerprint density at radius 1 is 1.15 bits per heavy atom. The van der Waals surface area contributed by atoms with Gasteiger partial charge in [0.05, 0.1) is 6.04 Å². The topological polar surface area (TPSA) is 12.0 Å². The molecular formula is C17H19ClFN. The Bertz CT molecular complexity index is 566. The van der Waals surface area contributed by atoms with Crippen molar-refractivity contribution in [2.45, 2.75) is 25.8 Å². The molecule has 0 fully saturated rings. The summed E-state index contributed by atoms with van der Waals surface area (Å²) in [7, 11) is 1.82. The summed E-state index contributed by atoms with van der Waals surface area (Å²) in [5, 5.41) is 3.70. The lowest BCUT2D eigenvalue weighted by molar-refractivity contribution is 0.576. The van der Waals surface area contributed by atoms with Crippen LogP contribution in [-0.2, 0) is 6.42 Å². The highest BCUT2D eigenvalue weighted by atomic mass is 35.5. The SMILES string of the molecule is CCCc1ccc(C(NC)c2cc(Cl)ccc2F)cc1. The maximum absolute atomic E-state index is 14.0. The lowest BCUT2D eigenvalue weighted by atomic mass is 9.96. The van der Waals surface area contributed by atoms with E-state index in [1.807, 2.05) is 19.2 Å². The van der Waals surface area contributed by atoms with Gasteiger partial charge in [0.2, 0.25) is 0 Å². The maximum Gasteiger partial charge on any atom is 0.128 e. The smallest absolute Gasteiger partial charge is 0.128 e. The molecule has 2 aromatic carbocycles. The van der Waals surface area contributed by atoms with Gasteiger partial charge in [0, 0.05) is 10.6 Å². The zero-order valence-electron chi connectivity index (χ0n) is 11.8. The maximum atomic E-state index is 14.0. The van der Waals surface area contributed by atoms with E-state index in [1.165, 1.54) is 11.6 Å². The van der Waals surface area contributed by atoms with E-state index in [4.69, 9.17) is 11.6 Å². The predicted molar refractivity (Wildman–Crippen MR) is 82.7 cm³/mol. The molecule has 0 aliphatic carbocycles. The van der Waals surface area contributed by atoms with Crippen LogP contribution in [0.5, 0.6) is 0 Å². The Balaban J connectivity index is 2.34. The third-order valence-electron chi connectivity index (χ3n) is 3.41. The zero-order valence-corrected chi connectivity index (χ0v) is 12.5. The molecule has 0 aliphatic heterocycles. The normalized spacial score (nSPS) is 12.4. The third-order valence-corrected chi connectivity index (χ3v) is 3.64. The van der Waals surface area contributed by atoms with Crippen LogP contribution < -0.4 is 5.32 Å². The third kappa shape index (κ3) is 3.38. The molecule has 0 spiro atoms. The molecule has 0 amide bonds. The molecule has 3 heteroatoms. The summed E-state index contributed by atoms with van der Waals surface area (Å²) in [4.78, 5) is 0. The molecular weight excluding hydrogens is 273 g/mol. The Morgan fingerprint density at radius 3 is 2.45 bits per heavy atom. The Kier molecular flexibility index (Phi) is 5.16. The van der Waals surface area contributed by atoms with Crippen LogP contribution in [-0.4, -0.2) is 7.05 Å². The predicted octanol–water partition coefficient (Wildman–Crippen LogP) is 4.74. The van der Waals surface area contributed by atoms with Crippen LogP contribution in [0.4, 0.5) is 4.39 Å². The van der Waals surface area contributed by atoms with Crippen molar-refractivity contribution in [1.82, 2.24) is 5.32 Å². The number of hydrogen-bond acceptors (Lipinski definition) is 1. The fraction of sp³-hybridized carbons (Fsp3) is 0.294. The summed E-state index contributed by atoms with van der Waals surface area (Å²) >= 11 is 5.98. The first-order valence-corrected chi connectivity index (χ1v) is 7.24. The fourth-order valence-electron chi connectivity index (χ4n) is 2.40. The van der Waals surface area contributed by atoms with E-state index in [2.05, 4.69) is 24.4 Å². The van der Waals surface area contributed by atoms with Gasteiger partial charge in [0.15, 0.2) is 0 Å². The lowest BCUT2D eigenvalue weighted by Gasteiger charge is -2.18. The summed E-state index contributed by atoms with van der Waals surface area (Å²) < 4.78 is 14.0. The summed E-state index contributed by atoms with van der Waals surface area (Å²) in [6.07, 6.45) is 2.19. The van der Waals surface area contributed by atoms with E-state index in [1.54, 1.807) is 12.1 Å². The second kappa shape index (κ2) is 6.87. The monoisotopic (exact) mass is 291 g/mol. The molecule has 0 bridgehead atoms. The minimum absolute atomic E-state index is 0.190. The van der Waals surface area contributed by atoms with Gasteiger partial charge in [-0.2, -0.15) is 0 Å². The van der Waals surface area contributed by atoms with Gasteiger partial charge >= 0.3 is 0 Å². The lowest BCUT2D eigenvalue weighted by Crippen LogP contribution is -2.19. The molecule has 0 saturated carbocycles. The van der Waals surface area contributed by atoms with Crippen LogP contribution in [0.1, 0.15) is 36.1 Å². The molecule has 0 aliphatic rings. The second-order valence-electron chi connectivity index (χ2n) is 4.88. The Morgan fingerprint density at radius 2 is 1.85 bits per heavy atom. The molecule has 106 valence electrons. The summed E-state index contributed by atoms with van der Waals surface area (Å²) in [6, 6.07) is 12.8. The Labute approximate surface area is 124 Å². The van der Waals surface area contributed by atoms with E-state index in [-0.39, 0.29) is 11.9 Å². The van der Waals surface area contributed by atoms with Crippen molar-refractivity contribution in [1.29, 1.82) is 0 Å². The van der Waals surface area contributed by atoms with Crippen molar-refractivity contribution < 1.29 is 4.39 Å². The van der Waals surface area contributed by atoms with Gasteiger partial charge in [-0.05, 0) is 42.8 Å². The number of aryl methyl sites for hydroxylation is 1. The van der Waals surface area contributed by atoms with E-state index < -0.39 is 0 Å². The minimum Gasteiger partial charge on any atom is -0.309 e. The summed E-state index contributed by atoms with van der Waals surface area (Å²) in [5.74, 6) is -0.244. The van der Waals surface area contributed by atoms with Gasteiger partial charge in [-0.25, -0.2) is 4.39 Å². The van der Waals surface area contributed by atoms with Gasteiger partial charge in [-0.1, -0.05) is 49.2 Å². The van der Waals surface area contributed by atoms with Crippen molar-refractivity contribution in [3.63, 3.8) is 0 Å². The number of hydrogen-bond donors (Lipinski definition) is 1. The van der Waals surface area contributed by atoms with Crippen LogP contribution in [0.2, 0.25) is 5.02 Å². The van der Waals surface area contributed by atoms with Gasteiger partial charge < -0.3 is 5.32 Å². The molecule has 0 aromatic heterocycles. The number of rotatable bonds is 5. The molecule has 2 aromatic rings.